The lowest BCUT2D eigenvalue weighted by molar-refractivity contribution is -0.114. The van der Waals surface area contributed by atoms with Crippen molar-refractivity contribution in [3.8, 4) is 5.75 Å². The van der Waals surface area contributed by atoms with E-state index in [1.807, 2.05) is 30.3 Å². The molecule has 0 aliphatic rings. The molecule has 0 aliphatic carbocycles. The molecule has 6 nitrogen and oxygen atoms in total. The van der Waals surface area contributed by atoms with Gasteiger partial charge in [0.15, 0.2) is 0 Å². The molecule has 0 aromatic heterocycles. The molecule has 0 aliphatic heterocycles. The number of rotatable bonds is 8. The van der Waals surface area contributed by atoms with E-state index in [2.05, 4.69) is 10.6 Å². The number of benzene rings is 3. The normalized spacial score (nSPS) is 10.1. The first kappa shape index (κ1) is 19.0. The number of carbonyl (C=O) groups excluding carboxylic acids is 2. The fourth-order valence-corrected chi connectivity index (χ4v) is 2.61. The molecule has 0 saturated carbocycles. The molecule has 0 unspecified atom stereocenters. The van der Waals surface area contributed by atoms with Gasteiger partial charge < -0.3 is 21.1 Å². The second kappa shape index (κ2) is 9.23. The molecule has 0 heterocycles. The molecule has 28 heavy (non-hydrogen) atoms. The summed E-state index contributed by atoms with van der Waals surface area (Å²) < 4.78 is 5.72. The van der Waals surface area contributed by atoms with Crippen molar-refractivity contribution in [1.29, 1.82) is 0 Å². The van der Waals surface area contributed by atoms with Crippen LogP contribution >= 0.6 is 0 Å². The van der Waals surface area contributed by atoms with E-state index in [0.29, 0.717) is 23.5 Å². The van der Waals surface area contributed by atoms with Crippen LogP contribution in [0.1, 0.15) is 15.9 Å². The van der Waals surface area contributed by atoms with Gasteiger partial charge in [0, 0.05) is 11.4 Å². The van der Waals surface area contributed by atoms with E-state index in [4.69, 9.17) is 10.5 Å². The minimum Gasteiger partial charge on any atom is -0.489 e. The highest BCUT2D eigenvalue weighted by Gasteiger charge is 2.08. The van der Waals surface area contributed by atoms with Crippen molar-refractivity contribution >= 4 is 23.2 Å². The fraction of sp³-hybridized carbons (Fsp3) is 0.0909. The Balaban J connectivity index is 1.50. The number of carbonyl (C=O) groups is 2. The van der Waals surface area contributed by atoms with Crippen molar-refractivity contribution in [2.45, 2.75) is 6.61 Å². The zero-order valence-corrected chi connectivity index (χ0v) is 15.2. The first-order valence-electron chi connectivity index (χ1n) is 8.81. The molecule has 0 radical (unpaired) electrons. The average Bonchev–Trinajstić information content (AvgIpc) is 2.72. The van der Waals surface area contributed by atoms with Gasteiger partial charge in [-0.1, -0.05) is 42.5 Å². The van der Waals surface area contributed by atoms with Crippen molar-refractivity contribution < 1.29 is 14.3 Å². The van der Waals surface area contributed by atoms with Crippen LogP contribution in [-0.4, -0.2) is 18.4 Å². The van der Waals surface area contributed by atoms with E-state index >= 15 is 0 Å². The van der Waals surface area contributed by atoms with Crippen LogP contribution in [0.15, 0.2) is 78.9 Å². The Morgan fingerprint density at radius 2 is 1.54 bits per heavy atom. The monoisotopic (exact) mass is 375 g/mol. The first-order valence-corrected chi connectivity index (χ1v) is 8.81. The van der Waals surface area contributed by atoms with Crippen molar-refractivity contribution in [1.82, 2.24) is 0 Å². The zero-order valence-electron chi connectivity index (χ0n) is 15.2. The molecule has 0 fully saturated rings. The predicted octanol–water partition coefficient (Wildman–Crippen LogP) is 3.42. The maximum Gasteiger partial charge on any atom is 0.250 e. The van der Waals surface area contributed by atoms with Crippen molar-refractivity contribution in [3.63, 3.8) is 0 Å². The summed E-state index contributed by atoms with van der Waals surface area (Å²) in [7, 11) is 0. The zero-order chi connectivity index (χ0) is 19.8. The van der Waals surface area contributed by atoms with Gasteiger partial charge in [-0.05, 0) is 42.0 Å². The molecule has 0 saturated heterocycles. The van der Waals surface area contributed by atoms with E-state index in [0.717, 1.165) is 11.3 Å². The molecular formula is C22H21N3O3. The maximum absolute atomic E-state index is 12.1. The highest BCUT2D eigenvalue weighted by Crippen LogP contribution is 2.17. The van der Waals surface area contributed by atoms with E-state index in [-0.39, 0.29) is 12.5 Å². The van der Waals surface area contributed by atoms with Crippen molar-refractivity contribution in [2.75, 3.05) is 17.2 Å². The molecule has 0 bridgehead atoms. The lowest BCUT2D eigenvalue weighted by atomic mass is 10.1. The van der Waals surface area contributed by atoms with Gasteiger partial charge >= 0.3 is 0 Å². The summed E-state index contributed by atoms with van der Waals surface area (Å²) in [6, 6.07) is 23.8. The van der Waals surface area contributed by atoms with Crippen LogP contribution in [0.3, 0.4) is 0 Å². The van der Waals surface area contributed by atoms with Crippen LogP contribution in [0.5, 0.6) is 5.75 Å². The van der Waals surface area contributed by atoms with Crippen molar-refractivity contribution in [2.24, 2.45) is 5.73 Å². The summed E-state index contributed by atoms with van der Waals surface area (Å²) in [4.78, 5) is 23.5. The van der Waals surface area contributed by atoms with Crippen LogP contribution in [0.2, 0.25) is 0 Å². The summed E-state index contributed by atoms with van der Waals surface area (Å²) in [6.07, 6.45) is 0. The number of ether oxygens (including phenoxy) is 1. The first-order chi connectivity index (χ1) is 13.6. The smallest absolute Gasteiger partial charge is 0.250 e. The van der Waals surface area contributed by atoms with Gasteiger partial charge in [-0.25, -0.2) is 0 Å². The van der Waals surface area contributed by atoms with Gasteiger partial charge in [0.25, 0.3) is 5.91 Å². The van der Waals surface area contributed by atoms with Gasteiger partial charge in [-0.15, -0.1) is 0 Å². The molecule has 2 amide bonds. The lowest BCUT2D eigenvalue weighted by Crippen LogP contribution is -2.23. The van der Waals surface area contributed by atoms with E-state index in [9.17, 15) is 9.59 Å². The number of anilines is 2. The summed E-state index contributed by atoms with van der Waals surface area (Å²) in [5.41, 5.74) is 7.93. The number of nitrogens with one attached hydrogen (secondary N) is 2. The molecule has 6 heteroatoms. The third-order valence-electron chi connectivity index (χ3n) is 4.02. The Morgan fingerprint density at radius 1 is 0.857 bits per heavy atom. The number of hydrogen-bond donors (Lipinski definition) is 3. The summed E-state index contributed by atoms with van der Waals surface area (Å²) >= 11 is 0. The molecule has 142 valence electrons. The molecule has 3 aromatic rings. The van der Waals surface area contributed by atoms with Crippen molar-refractivity contribution in [3.05, 3.63) is 90.0 Å². The molecular weight excluding hydrogens is 354 g/mol. The fourth-order valence-electron chi connectivity index (χ4n) is 2.61. The Kier molecular flexibility index (Phi) is 6.25. The minimum absolute atomic E-state index is 0.0105. The van der Waals surface area contributed by atoms with Crippen LogP contribution in [0, 0.1) is 0 Å². The van der Waals surface area contributed by atoms with Crippen LogP contribution < -0.4 is 21.1 Å². The summed E-state index contributed by atoms with van der Waals surface area (Å²) in [5.74, 6) is -0.0674. The number of primary amides is 1. The molecule has 3 aromatic carbocycles. The largest absolute Gasteiger partial charge is 0.489 e. The Morgan fingerprint density at radius 3 is 2.25 bits per heavy atom. The summed E-state index contributed by atoms with van der Waals surface area (Å²) in [6.45, 7) is 0.492. The number of hydrogen-bond acceptors (Lipinski definition) is 4. The summed E-state index contributed by atoms with van der Waals surface area (Å²) in [5, 5.41) is 5.72. The highest BCUT2D eigenvalue weighted by atomic mass is 16.5. The third-order valence-corrected chi connectivity index (χ3v) is 4.02. The van der Waals surface area contributed by atoms with Crippen LogP contribution in [-0.2, 0) is 11.4 Å². The van der Waals surface area contributed by atoms with Crippen LogP contribution in [0.25, 0.3) is 0 Å². The predicted molar refractivity (Wildman–Crippen MR) is 109 cm³/mol. The van der Waals surface area contributed by atoms with E-state index < -0.39 is 5.91 Å². The lowest BCUT2D eigenvalue weighted by Gasteiger charge is -2.11. The average molecular weight is 375 g/mol. The minimum atomic E-state index is -0.547. The highest BCUT2D eigenvalue weighted by molar-refractivity contribution is 6.00. The standard InChI is InChI=1S/C22H21N3O3/c23-22(27)19-8-4-5-9-20(19)24-14-21(26)25-17-10-12-18(13-11-17)28-15-16-6-2-1-3-7-16/h1-13,24H,14-15H2,(H2,23,27)(H,25,26). The Hall–Kier alpha value is -3.80. The van der Waals surface area contributed by atoms with E-state index in [1.54, 1.807) is 48.5 Å². The quantitative estimate of drug-likeness (QED) is 0.562. The number of amides is 2. The Labute approximate surface area is 163 Å². The Bertz CT molecular complexity index is 941. The van der Waals surface area contributed by atoms with Gasteiger partial charge in [0.2, 0.25) is 5.91 Å². The molecule has 0 spiro atoms. The maximum atomic E-state index is 12.1. The van der Waals surface area contributed by atoms with Gasteiger partial charge in [0.1, 0.15) is 12.4 Å². The second-order valence-corrected chi connectivity index (χ2v) is 6.11. The molecule has 0 atom stereocenters. The van der Waals surface area contributed by atoms with E-state index in [1.165, 1.54) is 0 Å². The van der Waals surface area contributed by atoms with Gasteiger partial charge in [-0.3, -0.25) is 9.59 Å². The number of para-hydroxylation sites is 1. The van der Waals surface area contributed by atoms with Gasteiger partial charge in [0.05, 0.1) is 12.1 Å². The third kappa shape index (κ3) is 5.35. The molecule has 4 N–H and O–H groups in total. The number of nitrogens with two attached hydrogens (primary N) is 1. The second-order valence-electron chi connectivity index (χ2n) is 6.11. The van der Waals surface area contributed by atoms with Crippen LogP contribution in [0.4, 0.5) is 11.4 Å². The topological polar surface area (TPSA) is 93.5 Å². The SMILES string of the molecule is NC(=O)c1ccccc1NCC(=O)Nc1ccc(OCc2ccccc2)cc1. The van der Waals surface area contributed by atoms with Gasteiger partial charge in [-0.2, -0.15) is 0 Å². The molecule has 3 rings (SSSR count).